The summed E-state index contributed by atoms with van der Waals surface area (Å²) in [5.74, 6) is 0.750. The van der Waals surface area contributed by atoms with Crippen LogP contribution in [-0.4, -0.2) is 42.3 Å². The van der Waals surface area contributed by atoms with Crippen molar-refractivity contribution >= 4 is 0 Å². The number of rotatable bonds is 3. The van der Waals surface area contributed by atoms with Crippen LogP contribution in [0.15, 0.2) is 0 Å². The number of hydrogen-bond acceptors (Lipinski definition) is 3. The first kappa shape index (κ1) is 14.3. The van der Waals surface area contributed by atoms with Crippen molar-refractivity contribution in [3.63, 3.8) is 0 Å². The van der Waals surface area contributed by atoms with E-state index < -0.39 is 0 Å². The number of nitrogens with zero attached hydrogens (tertiary/aromatic N) is 1. The van der Waals surface area contributed by atoms with E-state index in [4.69, 9.17) is 10.5 Å². The highest BCUT2D eigenvalue weighted by atomic mass is 16.5. The van der Waals surface area contributed by atoms with Gasteiger partial charge >= 0.3 is 0 Å². The van der Waals surface area contributed by atoms with E-state index in [2.05, 4.69) is 25.7 Å². The Bertz CT molecular complexity index is 261. The number of morpholine rings is 1. The minimum absolute atomic E-state index is 0.0239. The van der Waals surface area contributed by atoms with E-state index in [-0.39, 0.29) is 5.60 Å². The van der Waals surface area contributed by atoms with Crippen molar-refractivity contribution < 1.29 is 4.74 Å². The average Bonchev–Trinajstić information content (AvgIpc) is 2.27. The molecule has 0 radical (unpaired) electrons. The van der Waals surface area contributed by atoms with E-state index in [1.54, 1.807) is 0 Å². The van der Waals surface area contributed by atoms with Gasteiger partial charge in [0.1, 0.15) is 0 Å². The summed E-state index contributed by atoms with van der Waals surface area (Å²) in [5, 5.41) is 0. The lowest BCUT2D eigenvalue weighted by molar-refractivity contribution is -0.130. The first-order chi connectivity index (χ1) is 8.46. The van der Waals surface area contributed by atoms with Crippen LogP contribution < -0.4 is 5.73 Å². The van der Waals surface area contributed by atoms with Crippen LogP contribution in [0.1, 0.15) is 52.9 Å². The van der Waals surface area contributed by atoms with Crippen molar-refractivity contribution in [2.75, 3.05) is 19.6 Å². The molecule has 18 heavy (non-hydrogen) atoms. The molecule has 0 aromatic heterocycles. The van der Waals surface area contributed by atoms with Gasteiger partial charge in [-0.1, -0.05) is 19.3 Å². The van der Waals surface area contributed by atoms with Crippen molar-refractivity contribution in [3.05, 3.63) is 0 Å². The third kappa shape index (κ3) is 3.94. The van der Waals surface area contributed by atoms with E-state index in [9.17, 15) is 0 Å². The molecule has 1 heterocycles. The Morgan fingerprint density at radius 3 is 2.56 bits per heavy atom. The smallest absolute Gasteiger partial charge is 0.0757 e. The minimum atomic E-state index is -0.0239. The highest BCUT2D eigenvalue weighted by Gasteiger charge is 2.33. The van der Waals surface area contributed by atoms with Gasteiger partial charge < -0.3 is 10.5 Å². The highest BCUT2D eigenvalue weighted by Crippen LogP contribution is 2.27. The van der Waals surface area contributed by atoms with Gasteiger partial charge in [-0.25, -0.2) is 0 Å². The fourth-order valence-corrected chi connectivity index (χ4v) is 3.73. The second-order valence-corrected chi connectivity index (χ2v) is 6.94. The van der Waals surface area contributed by atoms with E-state index in [0.717, 1.165) is 25.6 Å². The van der Waals surface area contributed by atoms with Crippen LogP contribution in [0.25, 0.3) is 0 Å². The van der Waals surface area contributed by atoms with Gasteiger partial charge in [0, 0.05) is 25.7 Å². The van der Waals surface area contributed by atoms with Crippen LogP contribution >= 0.6 is 0 Å². The summed E-state index contributed by atoms with van der Waals surface area (Å²) >= 11 is 0. The molecule has 106 valence electrons. The fraction of sp³-hybridized carbons (Fsp3) is 1.00. The molecule has 0 amide bonds. The summed E-state index contributed by atoms with van der Waals surface area (Å²) in [7, 11) is 0. The zero-order valence-corrected chi connectivity index (χ0v) is 12.3. The summed E-state index contributed by atoms with van der Waals surface area (Å²) in [6.07, 6.45) is 7.17. The molecule has 2 unspecified atom stereocenters. The predicted octanol–water partition coefficient (Wildman–Crippen LogP) is 2.39. The molecule has 3 heteroatoms. The van der Waals surface area contributed by atoms with Crippen LogP contribution in [0.3, 0.4) is 0 Å². The van der Waals surface area contributed by atoms with Gasteiger partial charge in [-0.3, -0.25) is 4.90 Å². The van der Waals surface area contributed by atoms with E-state index in [1.165, 1.54) is 32.1 Å². The SMILES string of the molecule is CC1CN(CC(N)C2CCCCC2)CC(C)(C)O1. The third-order valence-corrected chi connectivity index (χ3v) is 4.36. The van der Waals surface area contributed by atoms with Gasteiger partial charge in [-0.2, -0.15) is 0 Å². The lowest BCUT2D eigenvalue weighted by Gasteiger charge is -2.43. The standard InChI is InChI=1S/C15H30N2O/c1-12-9-17(11-15(2,3)18-12)10-14(16)13-7-5-4-6-8-13/h12-14H,4-11,16H2,1-3H3. The summed E-state index contributed by atoms with van der Waals surface area (Å²) in [6.45, 7) is 9.62. The molecule has 2 rings (SSSR count). The molecule has 3 nitrogen and oxygen atoms in total. The van der Waals surface area contributed by atoms with Gasteiger partial charge in [0.2, 0.25) is 0 Å². The van der Waals surface area contributed by atoms with Crippen molar-refractivity contribution in [2.45, 2.75) is 70.6 Å². The molecule has 0 aromatic carbocycles. The predicted molar refractivity (Wildman–Crippen MR) is 75.6 cm³/mol. The summed E-state index contributed by atoms with van der Waals surface area (Å²) < 4.78 is 5.95. The van der Waals surface area contributed by atoms with Gasteiger partial charge in [0.15, 0.2) is 0 Å². The molecule has 2 atom stereocenters. The molecule has 1 aliphatic heterocycles. The maximum absolute atomic E-state index is 6.43. The fourth-order valence-electron chi connectivity index (χ4n) is 3.73. The summed E-state index contributed by atoms with van der Waals surface area (Å²) in [5.41, 5.74) is 6.41. The average molecular weight is 254 g/mol. The Balaban J connectivity index is 1.84. The summed E-state index contributed by atoms with van der Waals surface area (Å²) in [4.78, 5) is 2.51. The lowest BCUT2D eigenvalue weighted by atomic mass is 9.84. The zero-order valence-electron chi connectivity index (χ0n) is 12.3. The van der Waals surface area contributed by atoms with E-state index >= 15 is 0 Å². The first-order valence-electron chi connectivity index (χ1n) is 7.62. The maximum atomic E-state index is 6.43. The Kier molecular flexibility index (Phi) is 4.68. The van der Waals surface area contributed by atoms with Crippen molar-refractivity contribution in [2.24, 2.45) is 11.7 Å². The molecular weight excluding hydrogens is 224 g/mol. The van der Waals surface area contributed by atoms with Crippen LogP contribution in [0.2, 0.25) is 0 Å². The Morgan fingerprint density at radius 1 is 1.28 bits per heavy atom. The number of hydrogen-bond donors (Lipinski definition) is 1. The van der Waals surface area contributed by atoms with Crippen LogP contribution in [0.5, 0.6) is 0 Å². The largest absolute Gasteiger partial charge is 0.370 e. The molecule has 1 saturated heterocycles. The van der Waals surface area contributed by atoms with E-state index in [0.29, 0.717) is 12.1 Å². The van der Waals surface area contributed by atoms with Crippen molar-refractivity contribution in [1.82, 2.24) is 4.90 Å². The normalized spacial score (nSPS) is 32.3. The van der Waals surface area contributed by atoms with Crippen molar-refractivity contribution in [3.8, 4) is 0 Å². The topological polar surface area (TPSA) is 38.5 Å². The van der Waals surface area contributed by atoms with Crippen LogP contribution in [-0.2, 0) is 4.74 Å². The van der Waals surface area contributed by atoms with Crippen molar-refractivity contribution in [1.29, 1.82) is 0 Å². The number of ether oxygens (including phenoxy) is 1. The molecular formula is C15H30N2O. The monoisotopic (exact) mass is 254 g/mol. The zero-order chi connectivity index (χ0) is 13.2. The minimum Gasteiger partial charge on any atom is -0.370 e. The molecule has 2 fully saturated rings. The quantitative estimate of drug-likeness (QED) is 0.840. The van der Waals surface area contributed by atoms with Gasteiger partial charge in [0.25, 0.3) is 0 Å². The molecule has 2 N–H and O–H groups in total. The molecule has 0 aromatic rings. The highest BCUT2D eigenvalue weighted by molar-refractivity contribution is 4.86. The van der Waals surface area contributed by atoms with Crippen LogP contribution in [0, 0.1) is 5.92 Å². The Morgan fingerprint density at radius 2 is 1.94 bits per heavy atom. The van der Waals surface area contributed by atoms with Crippen LogP contribution in [0.4, 0.5) is 0 Å². The molecule has 0 bridgehead atoms. The molecule has 1 saturated carbocycles. The van der Waals surface area contributed by atoms with E-state index in [1.807, 2.05) is 0 Å². The Labute approximate surface area is 112 Å². The molecule has 1 aliphatic carbocycles. The second-order valence-electron chi connectivity index (χ2n) is 6.94. The molecule has 0 spiro atoms. The van der Waals surface area contributed by atoms with Gasteiger partial charge in [0.05, 0.1) is 11.7 Å². The number of nitrogens with two attached hydrogens (primary N) is 1. The molecule has 2 aliphatic rings. The van der Waals surface area contributed by atoms with Gasteiger partial charge in [-0.15, -0.1) is 0 Å². The van der Waals surface area contributed by atoms with Gasteiger partial charge in [-0.05, 0) is 39.5 Å². The summed E-state index contributed by atoms with van der Waals surface area (Å²) in [6, 6.07) is 0.353. The second kappa shape index (κ2) is 5.89. The Hall–Kier alpha value is -0.120. The first-order valence-corrected chi connectivity index (χ1v) is 7.62. The maximum Gasteiger partial charge on any atom is 0.0757 e. The lowest BCUT2D eigenvalue weighted by Crippen LogP contribution is -2.55. The third-order valence-electron chi connectivity index (χ3n) is 4.36.